The summed E-state index contributed by atoms with van der Waals surface area (Å²) in [6, 6.07) is 4.76. The molecule has 1 aromatic carbocycles. The Morgan fingerprint density at radius 2 is 1.59 bits per heavy atom. The van der Waals surface area contributed by atoms with Gasteiger partial charge in [-0.1, -0.05) is 0 Å². The lowest BCUT2D eigenvalue weighted by Gasteiger charge is -2.30. The van der Waals surface area contributed by atoms with E-state index in [0.29, 0.717) is 31.4 Å². The summed E-state index contributed by atoms with van der Waals surface area (Å²) in [5.41, 5.74) is 5.59. The highest BCUT2D eigenvalue weighted by molar-refractivity contribution is 7.90. The van der Waals surface area contributed by atoms with Crippen LogP contribution in [0.25, 0.3) is 0 Å². The third kappa shape index (κ3) is 7.07. The second-order valence-corrected chi connectivity index (χ2v) is 10.4. The van der Waals surface area contributed by atoms with Crippen molar-refractivity contribution in [3.63, 3.8) is 0 Å². The van der Waals surface area contributed by atoms with Gasteiger partial charge < -0.3 is 4.74 Å². The molecule has 1 fully saturated rings. The van der Waals surface area contributed by atoms with Gasteiger partial charge in [0.25, 0.3) is 0 Å². The van der Waals surface area contributed by atoms with Crippen LogP contribution in [0.15, 0.2) is 24.3 Å². The first-order valence-electron chi connectivity index (χ1n) is 9.20. The molecule has 29 heavy (non-hydrogen) atoms. The molecule has 2 rings (SSSR count). The number of ether oxygens (including phenoxy) is 1. The highest BCUT2D eigenvalue weighted by Crippen LogP contribution is 2.27. The maximum atomic E-state index is 12.3. The second kappa shape index (κ2) is 8.78. The summed E-state index contributed by atoms with van der Waals surface area (Å²) in [5, 5.41) is 0. The monoisotopic (exact) mass is 437 g/mol. The number of hydrazine groups is 1. The molecule has 0 unspecified atom stereocenters. The number of rotatable bonds is 6. The standard InChI is InChI=1S/C18H26F3N3O4S/c1-17(2,3)29(26,27)24-14-6-4-12(5-7-14)16(25)23-22-13-8-10-15(11-9-13)28-18(19,20)21/h8-12,14,22,24H,4-7H2,1-3H3,(H,23,25). The number of carbonyl (C=O) groups is 1. The average Bonchev–Trinajstić information content (AvgIpc) is 2.59. The number of hydrogen-bond acceptors (Lipinski definition) is 5. The zero-order valence-corrected chi connectivity index (χ0v) is 17.3. The number of amides is 1. The Hall–Kier alpha value is -2.01. The van der Waals surface area contributed by atoms with Crippen molar-refractivity contribution in [3.05, 3.63) is 24.3 Å². The fraction of sp³-hybridized carbons (Fsp3) is 0.611. The van der Waals surface area contributed by atoms with Crippen LogP contribution in [0.3, 0.4) is 0 Å². The van der Waals surface area contributed by atoms with Gasteiger partial charge in [-0.3, -0.25) is 15.6 Å². The summed E-state index contributed by atoms with van der Waals surface area (Å²) >= 11 is 0. The van der Waals surface area contributed by atoms with Crippen LogP contribution in [0.4, 0.5) is 18.9 Å². The largest absolute Gasteiger partial charge is 0.573 e. The van der Waals surface area contributed by atoms with Gasteiger partial charge >= 0.3 is 6.36 Å². The number of anilines is 1. The van der Waals surface area contributed by atoms with Crippen LogP contribution in [0.1, 0.15) is 46.5 Å². The van der Waals surface area contributed by atoms with E-state index in [2.05, 4.69) is 20.3 Å². The molecule has 0 atom stereocenters. The molecule has 0 aliphatic heterocycles. The van der Waals surface area contributed by atoms with E-state index in [0.717, 1.165) is 12.1 Å². The molecule has 164 valence electrons. The quantitative estimate of drug-likeness (QED) is 0.594. The van der Waals surface area contributed by atoms with E-state index in [1.807, 2.05) is 0 Å². The van der Waals surface area contributed by atoms with E-state index in [-0.39, 0.29) is 23.6 Å². The molecule has 0 aromatic heterocycles. The maximum Gasteiger partial charge on any atom is 0.573 e. The van der Waals surface area contributed by atoms with Crippen molar-refractivity contribution in [2.75, 3.05) is 5.43 Å². The molecule has 0 saturated heterocycles. The molecule has 1 aliphatic rings. The molecule has 1 aromatic rings. The Morgan fingerprint density at radius 3 is 2.07 bits per heavy atom. The minimum absolute atomic E-state index is 0.197. The molecule has 7 nitrogen and oxygen atoms in total. The Labute approximate surface area is 168 Å². The third-order valence-electron chi connectivity index (χ3n) is 4.64. The number of benzene rings is 1. The lowest BCUT2D eigenvalue weighted by Crippen LogP contribution is -2.47. The van der Waals surface area contributed by atoms with Gasteiger partial charge in [0.05, 0.1) is 10.4 Å². The van der Waals surface area contributed by atoms with Crippen molar-refractivity contribution in [2.24, 2.45) is 5.92 Å². The van der Waals surface area contributed by atoms with Crippen molar-refractivity contribution in [1.29, 1.82) is 0 Å². The summed E-state index contributed by atoms with van der Waals surface area (Å²) in [4.78, 5) is 12.3. The predicted molar refractivity (Wildman–Crippen MR) is 102 cm³/mol. The molecule has 1 aliphatic carbocycles. The SMILES string of the molecule is CC(C)(C)S(=O)(=O)NC1CCC(C(=O)NNc2ccc(OC(F)(F)F)cc2)CC1. The lowest BCUT2D eigenvalue weighted by atomic mass is 9.86. The molecule has 1 amide bonds. The second-order valence-electron chi connectivity index (χ2n) is 7.97. The number of carbonyl (C=O) groups excluding carboxylic acids is 1. The Morgan fingerprint density at radius 1 is 1.03 bits per heavy atom. The summed E-state index contributed by atoms with van der Waals surface area (Å²) in [6.45, 7) is 4.88. The molecule has 3 N–H and O–H groups in total. The summed E-state index contributed by atoms with van der Waals surface area (Å²) in [7, 11) is -3.44. The van der Waals surface area contributed by atoms with Gasteiger partial charge in [0.1, 0.15) is 5.75 Å². The summed E-state index contributed by atoms with van der Waals surface area (Å²) in [6.07, 6.45) is -2.59. The van der Waals surface area contributed by atoms with Crippen LogP contribution in [0.5, 0.6) is 5.75 Å². The van der Waals surface area contributed by atoms with Crippen LogP contribution < -0.4 is 20.3 Å². The minimum atomic E-state index is -4.76. The van der Waals surface area contributed by atoms with Crippen molar-refractivity contribution >= 4 is 21.6 Å². The molecule has 1 saturated carbocycles. The van der Waals surface area contributed by atoms with Crippen molar-refractivity contribution < 1.29 is 31.1 Å². The van der Waals surface area contributed by atoms with Gasteiger partial charge in [-0.15, -0.1) is 13.2 Å². The van der Waals surface area contributed by atoms with Gasteiger partial charge in [-0.2, -0.15) is 0 Å². The number of nitrogens with one attached hydrogen (secondary N) is 3. The minimum Gasteiger partial charge on any atom is -0.406 e. The maximum absolute atomic E-state index is 12.3. The van der Waals surface area contributed by atoms with E-state index in [9.17, 15) is 26.4 Å². The topological polar surface area (TPSA) is 96.5 Å². The van der Waals surface area contributed by atoms with E-state index in [1.54, 1.807) is 20.8 Å². The molecule has 11 heteroatoms. The number of hydrogen-bond donors (Lipinski definition) is 3. The van der Waals surface area contributed by atoms with E-state index < -0.39 is 21.1 Å². The summed E-state index contributed by atoms with van der Waals surface area (Å²) in [5.74, 6) is -0.881. The normalized spacial score (nSPS) is 20.8. The fourth-order valence-electron chi connectivity index (χ4n) is 2.85. The highest BCUT2D eigenvalue weighted by atomic mass is 32.2. The number of alkyl halides is 3. The van der Waals surface area contributed by atoms with Gasteiger partial charge in [-0.25, -0.2) is 13.1 Å². The zero-order valence-electron chi connectivity index (χ0n) is 16.5. The third-order valence-corrected chi connectivity index (χ3v) is 6.90. The highest BCUT2D eigenvalue weighted by Gasteiger charge is 2.34. The van der Waals surface area contributed by atoms with Gasteiger partial charge in [0.2, 0.25) is 15.9 Å². The molecule has 0 radical (unpaired) electrons. The van der Waals surface area contributed by atoms with Gasteiger partial charge in [0, 0.05) is 12.0 Å². The lowest BCUT2D eigenvalue weighted by molar-refractivity contribution is -0.274. The fourth-order valence-corrected chi connectivity index (χ4v) is 3.87. The molecular formula is C18H26F3N3O4S. The zero-order chi connectivity index (χ0) is 21.9. The predicted octanol–water partition coefficient (Wildman–Crippen LogP) is 3.31. The molecule has 0 heterocycles. The first-order valence-corrected chi connectivity index (χ1v) is 10.7. The number of halogens is 3. The molecule has 0 bridgehead atoms. The van der Waals surface area contributed by atoms with Crippen LogP contribution >= 0.6 is 0 Å². The Kier molecular flexibility index (Phi) is 7.05. The Bertz CT molecular complexity index is 797. The van der Waals surface area contributed by atoms with Crippen LogP contribution in [-0.2, 0) is 14.8 Å². The van der Waals surface area contributed by atoms with E-state index >= 15 is 0 Å². The van der Waals surface area contributed by atoms with Crippen LogP contribution in [-0.4, -0.2) is 31.5 Å². The molecular weight excluding hydrogens is 411 g/mol. The van der Waals surface area contributed by atoms with Crippen molar-refractivity contribution in [3.8, 4) is 5.75 Å². The van der Waals surface area contributed by atoms with Crippen molar-refractivity contribution in [1.82, 2.24) is 10.1 Å². The first kappa shape index (κ1) is 23.3. The van der Waals surface area contributed by atoms with Crippen LogP contribution in [0.2, 0.25) is 0 Å². The van der Waals surface area contributed by atoms with Gasteiger partial charge in [0.15, 0.2) is 0 Å². The van der Waals surface area contributed by atoms with Crippen LogP contribution in [0, 0.1) is 5.92 Å². The average molecular weight is 437 g/mol. The first-order chi connectivity index (χ1) is 13.3. The summed E-state index contributed by atoms with van der Waals surface area (Å²) < 4.78 is 66.5. The molecule has 0 spiro atoms. The van der Waals surface area contributed by atoms with Gasteiger partial charge in [-0.05, 0) is 70.7 Å². The smallest absolute Gasteiger partial charge is 0.406 e. The van der Waals surface area contributed by atoms with E-state index in [4.69, 9.17) is 0 Å². The van der Waals surface area contributed by atoms with E-state index in [1.165, 1.54) is 12.1 Å². The number of sulfonamides is 1. The van der Waals surface area contributed by atoms with Crippen molar-refractivity contribution in [2.45, 2.75) is 63.6 Å². The Balaban J connectivity index is 1.79.